The van der Waals surface area contributed by atoms with Gasteiger partial charge < -0.3 is 20.2 Å². The first-order chi connectivity index (χ1) is 18.8. The number of carbonyl (C=O) groups excluding carboxylic acids is 2. The molecule has 1 fully saturated rings. The van der Waals surface area contributed by atoms with Gasteiger partial charge in [0.05, 0.1) is 5.56 Å². The number of aromatic nitrogens is 1. The van der Waals surface area contributed by atoms with Gasteiger partial charge in [-0.25, -0.2) is 4.79 Å². The van der Waals surface area contributed by atoms with Crippen molar-refractivity contribution >= 4 is 17.6 Å². The predicted octanol–water partition coefficient (Wildman–Crippen LogP) is 6.16. The van der Waals surface area contributed by atoms with Crippen molar-refractivity contribution in [2.75, 3.05) is 31.5 Å². The summed E-state index contributed by atoms with van der Waals surface area (Å²) < 4.78 is 0. The molecule has 1 aliphatic heterocycles. The van der Waals surface area contributed by atoms with Crippen molar-refractivity contribution in [3.63, 3.8) is 0 Å². The maximum atomic E-state index is 13.2. The molecule has 2 heterocycles. The summed E-state index contributed by atoms with van der Waals surface area (Å²) in [6.07, 6.45) is 4.76. The Morgan fingerprint density at radius 1 is 0.850 bits per heavy atom. The molecule has 3 aromatic rings. The van der Waals surface area contributed by atoms with Crippen LogP contribution in [0.5, 0.6) is 5.75 Å². The molecule has 0 bridgehead atoms. The first kappa shape index (κ1) is 29.1. The Balaban J connectivity index is 1.42. The zero-order chi connectivity index (χ0) is 29.1. The molecule has 40 heavy (non-hydrogen) atoms. The fourth-order valence-electron chi connectivity index (χ4n) is 5.10. The second-order valence-electron chi connectivity index (χ2n) is 12.6. The van der Waals surface area contributed by atoms with E-state index in [1.165, 1.54) is 5.56 Å². The number of pyridine rings is 1. The third-order valence-corrected chi connectivity index (χ3v) is 7.49. The van der Waals surface area contributed by atoms with Gasteiger partial charge in [-0.2, -0.15) is 0 Å². The van der Waals surface area contributed by atoms with E-state index in [-0.39, 0.29) is 22.8 Å². The summed E-state index contributed by atoms with van der Waals surface area (Å²) in [5, 5.41) is 14.2. The number of para-hydroxylation sites is 1. The number of amides is 3. The van der Waals surface area contributed by atoms with Crippen molar-refractivity contribution in [1.82, 2.24) is 14.8 Å². The summed E-state index contributed by atoms with van der Waals surface area (Å²) in [5.74, 6) is 0.329. The minimum absolute atomic E-state index is 0.0584. The molecular formula is C33H42N4O3. The zero-order valence-corrected chi connectivity index (χ0v) is 24.6. The number of anilines is 1. The van der Waals surface area contributed by atoms with Gasteiger partial charge in [-0.1, -0.05) is 71.9 Å². The number of urea groups is 1. The monoisotopic (exact) mass is 542 g/mol. The molecule has 1 saturated heterocycles. The third-order valence-electron chi connectivity index (χ3n) is 7.49. The van der Waals surface area contributed by atoms with Crippen molar-refractivity contribution in [3.05, 3.63) is 88.7 Å². The molecule has 2 N–H and O–H groups in total. The lowest BCUT2D eigenvalue weighted by atomic mass is 9.78. The van der Waals surface area contributed by atoms with Gasteiger partial charge in [0.15, 0.2) is 0 Å². The zero-order valence-electron chi connectivity index (χ0n) is 24.6. The van der Waals surface area contributed by atoms with Crippen molar-refractivity contribution < 1.29 is 14.7 Å². The Labute approximate surface area is 238 Å². The van der Waals surface area contributed by atoms with Crippen molar-refractivity contribution in [2.24, 2.45) is 0 Å². The van der Waals surface area contributed by atoms with Crippen LogP contribution in [0.3, 0.4) is 0 Å². The molecule has 1 aromatic heterocycles. The quantitative estimate of drug-likeness (QED) is 0.405. The molecule has 212 valence electrons. The van der Waals surface area contributed by atoms with E-state index < -0.39 is 0 Å². The third kappa shape index (κ3) is 6.82. The number of phenolic OH excluding ortho intramolecular Hbond substituents is 1. The second-order valence-corrected chi connectivity index (χ2v) is 12.6. The van der Waals surface area contributed by atoms with E-state index in [1.54, 1.807) is 34.3 Å². The van der Waals surface area contributed by atoms with Crippen LogP contribution in [-0.2, 0) is 23.7 Å². The smallest absolute Gasteiger partial charge is 0.321 e. The first-order valence-corrected chi connectivity index (χ1v) is 14.0. The van der Waals surface area contributed by atoms with Gasteiger partial charge in [0.1, 0.15) is 5.75 Å². The molecule has 0 radical (unpaired) electrons. The molecule has 3 amide bonds. The summed E-state index contributed by atoms with van der Waals surface area (Å²) in [6.45, 7) is 14.6. The van der Waals surface area contributed by atoms with Crippen LogP contribution in [0, 0.1) is 0 Å². The minimum atomic E-state index is -0.182. The number of rotatable bonds is 5. The number of hydrogen-bond acceptors (Lipinski definition) is 4. The van der Waals surface area contributed by atoms with Crippen LogP contribution in [0.2, 0.25) is 0 Å². The van der Waals surface area contributed by atoms with E-state index in [0.717, 1.165) is 35.2 Å². The van der Waals surface area contributed by atoms with Crippen LogP contribution < -0.4 is 5.32 Å². The Morgan fingerprint density at radius 3 is 2.02 bits per heavy atom. The molecule has 2 aromatic carbocycles. The van der Waals surface area contributed by atoms with Crippen molar-refractivity contribution in [1.29, 1.82) is 0 Å². The van der Waals surface area contributed by atoms with Crippen LogP contribution in [0.1, 0.15) is 74.2 Å². The van der Waals surface area contributed by atoms with Gasteiger partial charge in [-0.15, -0.1) is 0 Å². The summed E-state index contributed by atoms with van der Waals surface area (Å²) in [4.78, 5) is 33.4. The number of nitrogens with zero attached hydrogens (tertiary/aromatic N) is 3. The molecule has 0 aliphatic carbocycles. The standard InChI is InChI=1S/C33H42N4O3/c1-32(2,3)26-20-23(21-27(29(26)38)33(4,5)6)13-14-24-10-7-8-12-28(24)35-31(40)37-18-16-36(17-19-37)30(39)25-11-9-15-34-22-25/h7-12,15,20-22,38H,13-14,16-19H2,1-6H3,(H,35,40). The van der Waals surface area contributed by atoms with Gasteiger partial charge in [0, 0.05) is 44.3 Å². The Bertz CT molecular complexity index is 1310. The Hall–Kier alpha value is -3.87. The van der Waals surface area contributed by atoms with Gasteiger partial charge in [-0.3, -0.25) is 9.78 Å². The lowest BCUT2D eigenvalue weighted by Crippen LogP contribution is -2.51. The fourth-order valence-corrected chi connectivity index (χ4v) is 5.10. The van der Waals surface area contributed by atoms with Crippen LogP contribution in [0.25, 0.3) is 0 Å². The van der Waals surface area contributed by atoms with E-state index >= 15 is 0 Å². The lowest BCUT2D eigenvalue weighted by Gasteiger charge is -2.34. The van der Waals surface area contributed by atoms with E-state index in [0.29, 0.717) is 37.5 Å². The van der Waals surface area contributed by atoms with Gasteiger partial charge in [0.25, 0.3) is 5.91 Å². The average molecular weight is 543 g/mol. The lowest BCUT2D eigenvalue weighted by molar-refractivity contribution is 0.0671. The summed E-state index contributed by atoms with van der Waals surface area (Å²) in [5.41, 5.74) is 5.14. The molecule has 7 heteroatoms. The number of aromatic hydroxyl groups is 1. The van der Waals surface area contributed by atoms with Crippen LogP contribution in [0.4, 0.5) is 10.5 Å². The first-order valence-electron chi connectivity index (χ1n) is 14.0. The minimum Gasteiger partial charge on any atom is -0.507 e. The summed E-state index contributed by atoms with van der Waals surface area (Å²) in [7, 11) is 0. The number of piperazine rings is 1. The van der Waals surface area contributed by atoms with E-state index in [2.05, 4.69) is 70.0 Å². The maximum absolute atomic E-state index is 13.2. The molecule has 0 saturated carbocycles. The van der Waals surface area contributed by atoms with Crippen molar-refractivity contribution in [2.45, 2.75) is 65.2 Å². The van der Waals surface area contributed by atoms with E-state index in [9.17, 15) is 14.7 Å². The molecule has 0 atom stereocenters. The van der Waals surface area contributed by atoms with Crippen LogP contribution in [-0.4, -0.2) is 58.0 Å². The fraction of sp³-hybridized carbons (Fsp3) is 0.424. The summed E-state index contributed by atoms with van der Waals surface area (Å²) in [6, 6.07) is 15.5. The highest BCUT2D eigenvalue weighted by Gasteiger charge is 2.27. The SMILES string of the molecule is CC(C)(C)c1cc(CCc2ccccc2NC(=O)N2CCN(C(=O)c3cccnc3)CC2)cc(C(C)(C)C)c1O. The van der Waals surface area contributed by atoms with Gasteiger partial charge >= 0.3 is 6.03 Å². The number of benzene rings is 2. The van der Waals surface area contributed by atoms with Crippen LogP contribution in [0.15, 0.2) is 60.9 Å². The predicted molar refractivity (Wildman–Crippen MR) is 160 cm³/mol. The number of phenols is 1. The molecular weight excluding hydrogens is 500 g/mol. The van der Waals surface area contributed by atoms with E-state index in [4.69, 9.17) is 0 Å². The Kier molecular flexibility index (Phi) is 8.52. The highest BCUT2D eigenvalue weighted by molar-refractivity contribution is 5.94. The molecule has 0 spiro atoms. The molecule has 0 unspecified atom stereocenters. The number of nitrogens with one attached hydrogen (secondary N) is 1. The summed E-state index contributed by atoms with van der Waals surface area (Å²) >= 11 is 0. The van der Waals surface area contributed by atoms with E-state index in [1.807, 2.05) is 18.2 Å². The normalized spacial score (nSPS) is 14.2. The molecule has 1 aliphatic rings. The molecule has 7 nitrogen and oxygen atoms in total. The van der Waals surface area contributed by atoms with Gasteiger partial charge in [-0.05, 0) is 64.1 Å². The number of hydrogen-bond donors (Lipinski definition) is 2. The molecule has 4 rings (SSSR count). The number of carbonyl (C=O) groups is 2. The largest absolute Gasteiger partial charge is 0.507 e. The second kappa shape index (κ2) is 11.7. The maximum Gasteiger partial charge on any atom is 0.321 e. The topological polar surface area (TPSA) is 85.8 Å². The van der Waals surface area contributed by atoms with Crippen LogP contribution >= 0.6 is 0 Å². The highest BCUT2D eigenvalue weighted by atomic mass is 16.3. The number of aryl methyl sites for hydroxylation is 2. The van der Waals surface area contributed by atoms with Crippen molar-refractivity contribution in [3.8, 4) is 5.75 Å². The average Bonchev–Trinajstić information content (AvgIpc) is 2.92. The Morgan fingerprint density at radius 2 is 1.45 bits per heavy atom. The van der Waals surface area contributed by atoms with Gasteiger partial charge in [0.2, 0.25) is 0 Å². The highest BCUT2D eigenvalue weighted by Crippen LogP contribution is 2.40.